The molecule has 0 atom stereocenters. The van der Waals surface area contributed by atoms with Crippen LogP contribution in [0.15, 0.2) is 24.3 Å². The van der Waals surface area contributed by atoms with Gasteiger partial charge >= 0.3 is 12.0 Å². The summed E-state index contributed by atoms with van der Waals surface area (Å²) >= 11 is 0. The molecule has 136 valence electrons. The zero-order chi connectivity index (χ0) is 18.4. The van der Waals surface area contributed by atoms with E-state index in [1.54, 1.807) is 36.0 Å². The zero-order valence-electron chi connectivity index (χ0n) is 14.7. The Hall–Kier alpha value is -2.57. The predicted octanol–water partition coefficient (Wildman–Crippen LogP) is 1.78. The molecule has 1 aromatic carbocycles. The standard InChI is InChI=1S/C18H25N3O4/c1-20(2)16(22)11-13-7-9-21(10-8-13)18(25)19-12-14-3-5-15(6-4-14)17(23)24/h3-6,13H,7-12H2,1-2H3,(H,19,25)(H,23,24). The lowest BCUT2D eigenvalue weighted by molar-refractivity contribution is -0.129. The first-order valence-corrected chi connectivity index (χ1v) is 8.42. The Morgan fingerprint density at radius 3 is 2.28 bits per heavy atom. The van der Waals surface area contributed by atoms with Gasteiger partial charge in [-0.25, -0.2) is 9.59 Å². The van der Waals surface area contributed by atoms with Crippen LogP contribution >= 0.6 is 0 Å². The molecular formula is C18H25N3O4. The number of carbonyl (C=O) groups excluding carboxylic acids is 2. The van der Waals surface area contributed by atoms with Crippen LogP contribution in [0.25, 0.3) is 0 Å². The van der Waals surface area contributed by atoms with Crippen LogP contribution in [0.4, 0.5) is 4.79 Å². The number of piperidine rings is 1. The smallest absolute Gasteiger partial charge is 0.335 e. The van der Waals surface area contributed by atoms with Gasteiger partial charge in [0.2, 0.25) is 5.91 Å². The van der Waals surface area contributed by atoms with Crippen molar-refractivity contribution in [2.24, 2.45) is 5.92 Å². The highest BCUT2D eigenvalue weighted by Gasteiger charge is 2.24. The van der Waals surface area contributed by atoms with E-state index in [4.69, 9.17) is 5.11 Å². The van der Waals surface area contributed by atoms with Gasteiger partial charge in [0.05, 0.1) is 5.56 Å². The number of carboxylic acids is 1. The summed E-state index contributed by atoms with van der Waals surface area (Å²) in [5.74, 6) is -0.499. The van der Waals surface area contributed by atoms with Crippen LogP contribution in [-0.2, 0) is 11.3 Å². The van der Waals surface area contributed by atoms with Crippen LogP contribution in [-0.4, -0.2) is 60.0 Å². The van der Waals surface area contributed by atoms with E-state index in [1.165, 1.54) is 12.1 Å². The number of aromatic carboxylic acids is 1. The van der Waals surface area contributed by atoms with Crippen LogP contribution in [0.1, 0.15) is 35.2 Å². The largest absolute Gasteiger partial charge is 0.478 e. The van der Waals surface area contributed by atoms with E-state index in [2.05, 4.69) is 5.32 Å². The predicted molar refractivity (Wildman–Crippen MR) is 93.2 cm³/mol. The van der Waals surface area contributed by atoms with Crippen LogP contribution in [0.5, 0.6) is 0 Å². The second-order valence-corrected chi connectivity index (χ2v) is 6.58. The Labute approximate surface area is 147 Å². The number of rotatable bonds is 5. The number of carboxylic acid groups (broad SMARTS) is 1. The van der Waals surface area contributed by atoms with Gasteiger partial charge in [0.25, 0.3) is 0 Å². The molecule has 7 nitrogen and oxygen atoms in total. The number of hydrogen-bond donors (Lipinski definition) is 2. The molecule has 0 saturated carbocycles. The molecule has 1 aliphatic rings. The molecule has 0 spiro atoms. The molecule has 0 aliphatic carbocycles. The molecule has 1 saturated heterocycles. The van der Waals surface area contributed by atoms with Crippen molar-refractivity contribution < 1.29 is 19.5 Å². The highest BCUT2D eigenvalue weighted by atomic mass is 16.4. The summed E-state index contributed by atoms with van der Waals surface area (Å²) in [7, 11) is 3.52. The van der Waals surface area contributed by atoms with Gasteiger partial charge in [-0.3, -0.25) is 4.79 Å². The van der Waals surface area contributed by atoms with Crippen LogP contribution in [0, 0.1) is 5.92 Å². The summed E-state index contributed by atoms with van der Waals surface area (Å²) in [6.45, 7) is 1.65. The maximum Gasteiger partial charge on any atom is 0.335 e. The topological polar surface area (TPSA) is 90.0 Å². The van der Waals surface area contributed by atoms with Gasteiger partial charge in [0.15, 0.2) is 0 Å². The van der Waals surface area contributed by atoms with E-state index < -0.39 is 5.97 Å². The molecule has 1 aromatic rings. The van der Waals surface area contributed by atoms with Crippen molar-refractivity contribution in [1.82, 2.24) is 15.1 Å². The van der Waals surface area contributed by atoms with Gasteiger partial charge in [-0.15, -0.1) is 0 Å². The van der Waals surface area contributed by atoms with Crippen molar-refractivity contribution in [2.75, 3.05) is 27.2 Å². The van der Waals surface area contributed by atoms with Crippen LogP contribution in [0.3, 0.4) is 0 Å². The summed E-state index contributed by atoms with van der Waals surface area (Å²) in [6, 6.07) is 6.32. The molecule has 1 fully saturated rings. The molecule has 3 amide bonds. The number of hydrogen-bond acceptors (Lipinski definition) is 3. The molecule has 25 heavy (non-hydrogen) atoms. The summed E-state index contributed by atoms with van der Waals surface area (Å²) in [5, 5.41) is 11.7. The highest BCUT2D eigenvalue weighted by Crippen LogP contribution is 2.21. The second kappa shape index (κ2) is 8.50. The number of urea groups is 1. The molecule has 7 heteroatoms. The Morgan fingerprint density at radius 2 is 1.76 bits per heavy atom. The van der Waals surface area contributed by atoms with Gasteiger partial charge in [-0.1, -0.05) is 12.1 Å². The molecule has 2 rings (SSSR count). The second-order valence-electron chi connectivity index (χ2n) is 6.58. The third-order valence-electron chi connectivity index (χ3n) is 4.51. The molecule has 0 radical (unpaired) electrons. The van der Waals surface area contributed by atoms with Gasteiger partial charge in [0, 0.05) is 40.2 Å². The monoisotopic (exact) mass is 347 g/mol. The fourth-order valence-corrected chi connectivity index (χ4v) is 2.82. The Kier molecular flexibility index (Phi) is 6.38. The lowest BCUT2D eigenvalue weighted by Gasteiger charge is -2.32. The number of amides is 3. The molecule has 2 N–H and O–H groups in total. The van der Waals surface area contributed by atoms with E-state index in [-0.39, 0.29) is 17.5 Å². The van der Waals surface area contributed by atoms with E-state index >= 15 is 0 Å². The van der Waals surface area contributed by atoms with Crippen molar-refractivity contribution in [3.05, 3.63) is 35.4 Å². The molecule has 0 bridgehead atoms. The van der Waals surface area contributed by atoms with Crippen molar-refractivity contribution in [2.45, 2.75) is 25.8 Å². The number of nitrogens with zero attached hydrogens (tertiary/aromatic N) is 2. The molecule has 0 aromatic heterocycles. The molecule has 1 heterocycles. The van der Waals surface area contributed by atoms with Gasteiger partial charge < -0.3 is 20.2 Å². The first kappa shape index (κ1) is 18.8. The lowest BCUT2D eigenvalue weighted by atomic mass is 9.93. The summed E-state index contributed by atoms with van der Waals surface area (Å²) in [5.41, 5.74) is 1.08. The third kappa shape index (κ3) is 5.48. The average molecular weight is 347 g/mol. The fraction of sp³-hybridized carbons (Fsp3) is 0.500. The Bertz CT molecular complexity index is 620. The number of carbonyl (C=O) groups is 3. The molecular weight excluding hydrogens is 322 g/mol. The number of nitrogens with one attached hydrogen (secondary N) is 1. The van der Waals surface area contributed by atoms with Gasteiger partial charge in [0.1, 0.15) is 0 Å². The SMILES string of the molecule is CN(C)C(=O)CC1CCN(C(=O)NCc2ccc(C(=O)O)cc2)CC1. The van der Waals surface area contributed by atoms with E-state index in [1.807, 2.05) is 0 Å². The third-order valence-corrected chi connectivity index (χ3v) is 4.51. The quantitative estimate of drug-likeness (QED) is 0.850. The van der Waals surface area contributed by atoms with Crippen molar-refractivity contribution in [3.8, 4) is 0 Å². The maximum atomic E-state index is 12.2. The maximum absolute atomic E-state index is 12.2. The van der Waals surface area contributed by atoms with Gasteiger partial charge in [-0.2, -0.15) is 0 Å². The summed E-state index contributed by atoms with van der Waals surface area (Å²) in [6.07, 6.45) is 2.21. The Balaban J connectivity index is 1.75. The lowest BCUT2D eigenvalue weighted by Crippen LogP contribution is -2.44. The molecule has 0 unspecified atom stereocenters. The summed E-state index contributed by atoms with van der Waals surface area (Å²) < 4.78 is 0. The van der Waals surface area contributed by atoms with Crippen LogP contribution in [0.2, 0.25) is 0 Å². The van der Waals surface area contributed by atoms with E-state index in [0.29, 0.717) is 32.0 Å². The first-order valence-electron chi connectivity index (χ1n) is 8.42. The number of likely N-dealkylation sites (tertiary alicyclic amines) is 1. The van der Waals surface area contributed by atoms with Crippen molar-refractivity contribution in [3.63, 3.8) is 0 Å². The van der Waals surface area contributed by atoms with E-state index in [0.717, 1.165) is 18.4 Å². The summed E-state index contributed by atoms with van der Waals surface area (Å²) in [4.78, 5) is 38.2. The average Bonchev–Trinajstić information content (AvgIpc) is 2.60. The minimum absolute atomic E-state index is 0.125. The van der Waals surface area contributed by atoms with Crippen molar-refractivity contribution >= 4 is 17.9 Å². The van der Waals surface area contributed by atoms with Crippen LogP contribution < -0.4 is 5.32 Å². The Morgan fingerprint density at radius 1 is 1.16 bits per heavy atom. The molecule has 1 aliphatic heterocycles. The minimum Gasteiger partial charge on any atom is -0.478 e. The minimum atomic E-state index is -0.966. The first-order chi connectivity index (χ1) is 11.9. The van der Waals surface area contributed by atoms with Crippen molar-refractivity contribution in [1.29, 1.82) is 0 Å². The normalized spacial score (nSPS) is 14.9. The number of benzene rings is 1. The fourth-order valence-electron chi connectivity index (χ4n) is 2.82. The highest BCUT2D eigenvalue weighted by molar-refractivity contribution is 5.87. The van der Waals surface area contributed by atoms with Gasteiger partial charge in [-0.05, 0) is 36.5 Å². The zero-order valence-corrected chi connectivity index (χ0v) is 14.7. The van der Waals surface area contributed by atoms with E-state index in [9.17, 15) is 14.4 Å².